The maximum Gasteiger partial charge on any atom is 0.163 e. The Morgan fingerprint density at radius 2 is 1.13 bits per heavy atom. The van der Waals surface area contributed by atoms with E-state index >= 15 is 0 Å². The second-order valence-electron chi connectivity index (χ2n) is 4.00. The average Bonchev–Trinajstić information content (AvgIpc) is 2.57. The highest BCUT2D eigenvalue weighted by Gasteiger charge is 2.41. The van der Waals surface area contributed by atoms with Gasteiger partial charge in [-0.1, -0.05) is 40.5 Å². The lowest BCUT2D eigenvalue weighted by atomic mass is 9.95. The summed E-state index contributed by atoms with van der Waals surface area (Å²) in [6, 6.07) is 0. The SMILES string of the molecule is CC.CC.CC1(C)OC2CCCCC2O1. The average molecular weight is 216 g/mol. The first-order valence-corrected chi connectivity index (χ1v) is 6.53. The molecule has 2 rings (SSSR count). The van der Waals surface area contributed by atoms with Crippen LogP contribution in [-0.2, 0) is 9.47 Å². The second-order valence-corrected chi connectivity index (χ2v) is 4.00. The van der Waals surface area contributed by atoms with Crippen molar-refractivity contribution in [2.45, 2.75) is 85.2 Å². The van der Waals surface area contributed by atoms with E-state index in [1.54, 1.807) is 0 Å². The summed E-state index contributed by atoms with van der Waals surface area (Å²) in [5, 5.41) is 0. The third-order valence-electron chi connectivity index (χ3n) is 2.51. The minimum absolute atomic E-state index is 0.320. The molecular formula is C13H28O2. The van der Waals surface area contributed by atoms with Gasteiger partial charge >= 0.3 is 0 Å². The summed E-state index contributed by atoms with van der Waals surface area (Å²) in [6.45, 7) is 12.0. The first-order valence-electron chi connectivity index (χ1n) is 6.53. The molecule has 2 fully saturated rings. The highest BCUT2D eigenvalue weighted by atomic mass is 16.7. The highest BCUT2D eigenvalue weighted by Crippen LogP contribution is 2.36. The van der Waals surface area contributed by atoms with Gasteiger partial charge in [-0.05, 0) is 26.7 Å². The fraction of sp³-hybridized carbons (Fsp3) is 1.00. The van der Waals surface area contributed by atoms with E-state index in [0.29, 0.717) is 12.2 Å². The molecule has 1 heterocycles. The van der Waals surface area contributed by atoms with Gasteiger partial charge in [0.15, 0.2) is 5.79 Å². The molecule has 2 unspecified atom stereocenters. The van der Waals surface area contributed by atoms with Gasteiger partial charge < -0.3 is 9.47 Å². The van der Waals surface area contributed by atoms with Crippen LogP contribution in [0.1, 0.15) is 67.2 Å². The molecule has 2 aliphatic rings. The minimum Gasteiger partial charge on any atom is -0.345 e. The molecule has 92 valence electrons. The van der Waals surface area contributed by atoms with Crippen LogP contribution in [0.2, 0.25) is 0 Å². The molecule has 2 heteroatoms. The number of ether oxygens (including phenoxy) is 2. The van der Waals surface area contributed by atoms with E-state index in [1.165, 1.54) is 25.7 Å². The zero-order valence-corrected chi connectivity index (χ0v) is 11.3. The summed E-state index contributed by atoms with van der Waals surface area (Å²) in [5.41, 5.74) is 0. The Labute approximate surface area is 95.3 Å². The van der Waals surface area contributed by atoms with Crippen LogP contribution in [0.15, 0.2) is 0 Å². The molecule has 15 heavy (non-hydrogen) atoms. The quantitative estimate of drug-likeness (QED) is 0.606. The Morgan fingerprint density at radius 3 is 1.47 bits per heavy atom. The highest BCUT2D eigenvalue weighted by molar-refractivity contribution is 4.84. The van der Waals surface area contributed by atoms with Gasteiger partial charge in [0, 0.05) is 0 Å². The molecule has 0 amide bonds. The lowest BCUT2D eigenvalue weighted by molar-refractivity contribution is -0.145. The fourth-order valence-electron chi connectivity index (χ4n) is 2.09. The molecule has 0 aromatic heterocycles. The van der Waals surface area contributed by atoms with Crippen molar-refractivity contribution in [2.75, 3.05) is 0 Å². The Morgan fingerprint density at radius 1 is 0.800 bits per heavy atom. The Bertz CT molecular complexity index is 139. The van der Waals surface area contributed by atoms with Gasteiger partial charge in [-0.3, -0.25) is 0 Å². The van der Waals surface area contributed by atoms with Crippen molar-refractivity contribution >= 4 is 0 Å². The minimum atomic E-state index is -0.320. The van der Waals surface area contributed by atoms with Crippen LogP contribution in [0.25, 0.3) is 0 Å². The van der Waals surface area contributed by atoms with Crippen molar-refractivity contribution in [3.05, 3.63) is 0 Å². The molecule has 0 bridgehead atoms. The summed E-state index contributed by atoms with van der Waals surface area (Å²) in [6.07, 6.45) is 5.76. The van der Waals surface area contributed by atoms with Crippen LogP contribution in [0.5, 0.6) is 0 Å². The number of rotatable bonds is 0. The Hall–Kier alpha value is -0.0800. The molecule has 2 nitrogen and oxygen atoms in total. The maximum absolute atomic E-state index is 5.73. The van der Waals surface area contributed by atoms with Gasteiger partial charge in [0.1, 0.15) is 0 Å². The molecule has 1 aliphatic heterocycles. The molecule has 1 saturated heterocycles. The van der Waals surface area contributed by atoms with Crippen LogP contribution in [0, 0.1) is 0 Å². The van der Waals surface area contributed by atoms with Crippen molar-refractivity contribution < 1.29 is 9.47 Å². The van der Waals surface area contributed by atoms with Crippen molar-refractivity contribution in [1.29, 1.82) is 0 Å². The van der Waals surface area contributed by atoms with E-state index in [0.717, 1.165) is 0 Å². The molecule has 1 saturated carbocycles. The molecule has 0 aromatic rings. The van der Waals surface area contributed by atoms with E-state index in [4.69, 9.17) is 9.47 Å². The molecule has 0 N–H and O–H groups in total. The van der Waals surface area contributed by atoms with Crippen molar-refractivity contribution in [3.8, 4) is 0 Å². The van der Waals surface area contributed by atoms with Gasteiger partial charge in [-0.2, -0.15) is 0 Å². The predicted molar refractivity (Wildman–Crippen MR) is 65.0 cm³/mol. The summed E-state index contributed by atoms with van der Waals surface area (Å²) in [7, 11) is 0. The van der Waals surface area contributed by atoms with Crippen LogP contribution in [-0.4, -0.2) is 18.0 Å². The first-order chi connectivity index (χ1) is 7.17. The zero-order chi connectivity index (χ0) is 11.9. The fourth-order valence-corrected chi connectivity index (χ4v) is 2.09. The van der Waals surface area contributed by atoms with E-state index < -0.39 is 0 Å². The van der Waals surface area contributed by atoms with Gasteiger partial charge in [-0.15, -0.1) is 0 Å². The summed E-state index contributed by atoms with van der Waals surface area (Å²) >= 11 is 0. The number of fused-ring (bicyclic) bond motifs is 1. The monoisotopic (exact) mass is 216 g/mol. The van der Waals surface area contributed by atoms with Crippen LogP contribution in [0.4, 0.5) is 0 Å². The largest absolute Gasteiger partial charge is 0.345 e. The zero-order valence-electron chi connectivity index (χ0n) is 11.3. The Balaban J connectivity index is 0.000000442. The summed E-state index contributed by atoms with van der Waals surface area (Å²) in [4.78, 5) is 0. The summed E-state index contributed by atoms with van der Waals surface area (Å²) in [5.74, 6) is -0.320. The van der Waals surface area contributed by atoms with Gasteiger partial charge in [0.25, 0.3) is 0 Å². The van der Waals surface area contributed by atoms with Crippen LogP contribution in [0.3, 0.4) is 0 Å². The normalized spacial score (nSPS) is 31.6. The van der Waals surface area contributed by atoms with Gasteiger partial charge in [0.2, 0.25) is 0 Å². The molecule has 2 atom stereocenters. The van der Waals surface area contributed by atoms with E-state index in [2.05, 4.69) is 0 Å². The predicted octanol–water partition coefficient (Wildman–Crippen LogP) is 4.13. The van der Waals surface area contributed by atoms with Crippen LogP contribution < -0.4 is 0 Å². The lowest BCUT2D eigenvalue weighted by Crippen LogP contribution is -2.25. The van der Waals surface area contributed by atoms with Gasteiger partial charge in [0.05, 0.1) is 12.2 Å². The summed E-state index contributed by atoms with van der Waals surface area (Å²) < 4.78 is 11.5. The maximum atomic E-state index is 5.73. The number of hydrogen-bond donors (Lipinski definition) is 0. The van der Waals surface area contributed by atoms with E-state index in [9.17, 15) is 0 Å². The van der Waals surface area contributed by atoms with Crippen molar-refractivity contribution in [2.24, 2.45) is 0 Å². The van der Waals surface area contributed by atoms with E-state index in [1.807, 2.05) is 41.5 Å². The third-order valence-corrected chi connectivity index (χ3v) is 2.51. The smallest absolute Gasteiger partial charge is 0.163 e. The topological polar surface area (TPSA) is 18.5 Å². The van der Waals surface area contributed by atoms with Gasteiger partial charge in [-0.25, -0.2) is 0 Å². The lowest BCUT2D eigenvalue weighted by Gasteiger charge is -2.21. The molecule has 0 spiro atoms. The molecular weight excluding hydrogens is 188 g/mol. The standard InChI is InChI=1S/C9H16O2.2C2H6/c1-9(2)10-7-5-3-4-6-8(7)11-9;2*1-2/h7-8H,3-6H2,1-2H3;2*1-2H3. The second kappa shape index (κ2) is 7.24. The molecule has 1 aliphatic carbocycles. The van der Waals surface area contributed by atoms with Crippen molar-refractivity contribution in [1.82, 2.24) is 0 Å². The number of hydrogen-bond acceptors (Lipinski definition) is 2. The van der Waals surface area contributed by atoms with Crippen LogP contribution >= 0.6 is 0 Å². The molecule has 0 radical (unpaired) electrons. The van der Waals surface area contributed by atoms with Crippen molar-refractivity contribution in [3.63, 3.8) is 0 Å². The third kappa shape index (κ3) is 4.52. The first kappa shape index (κ1) is 14.9. The molecule has 0 aromatic carbocycles. The Kier molecular flexibility index (Phi) is 7.20. The van der Waals surface area contributed by atoms with E-state index in [-0.39, 0.29) is 5.79 Å².